The number of pyridine rings is 1. The van der Waals surface area contributed by atoms with E-state index in [9.17, 15) is 26.7 Å². The van der Waals surface area contributed by atoms with Crippen LogP contribution in [0, 0.1) is 12.8 Å². The van der Waals surface area contributed by atoms with Gasteiger partial charge in [-0.15, -0.1) is 11.3 Å². The average Bonchev–Trinajstić information content (AvgIpc) is 3.19. The number of halogens is 5. The number of piperidine rings is 1. The Kier molecular flexibility index (Phi) is 6.71. The van der Waals surface area contributed by atoms with E-state index >= 15 is 0 Å². The maximum absolute atomic E-state index is 14.5. The molecule has 1 aliphatic heterocycles. The van der Waals surface area contributed by atoms with Gasteiger partial charge in [0.1, 0.15) is 11.5 Å². The van der Waals surface area contributed by atoms with Crippen molar-refractivity contribution in [2.24, 2.45) is 5.92 Å². The van der Waals surface area contributed by atoms with Gasteiger partial charge < -0.3 is 10.2 Å². The minimum atomic E-state index is -4.63. The van der Waals surface area contributed by atoms with Gasteiger partial charge in [0.25, 0.3) is 11.8 Å². The number of aromatic nitrogens is 4. The molecule has 35 heavy (non-hydrogen) atoms. The molecule has 1 N–H and O–H groups in total. The smallest absolute Gasteiger partial charge is 0.367 e. The Morgan fingerprint density at radius 3 is 2.63 bits per heavy atom. The Morgan fingerprint density at radius 1 is 1.23 bits per heavy atom. The zero-order chi connectivity index (χ0) is 25.4. The third kappa shape index (κ3) is 5.55. The minimum Gasteiger partial charge on any atom is -0.367 e. The highest BCUT2D eigenvalue weighted by molar-refractivity contribution is 7.15. The summed E-state index contributed by atoms with van der Waals surface area (Å²) >= 11 is 1.24. The topological polar surface area (TPSA) is 83.9 Å². The van der Waals surface area contributed by atoms with Crippen LogP contribution >= 0.6 is 11.3 Å². The number of hydrogen-bond donors (Lipinski definition) is 1. The summed E-state index contributed by atoms with van der Waals surface area (Å²) in [5.41, 5.74) is -0.602. The van der Waals surface area contributed by atoms with Crippen molar-refractivity contribution < 1.29 is 26.7 Å². The van der Waals surface area contributed by atoms with Gasteiger partial charge in [-0.05, 0) is 25.0 Å². The van der Waals surface area contributed by atoms with Crippen molar-refractivity contribution in [3.05, 3.63) is 53.2 Å². The molecule has 13 heteroatoms. The second-order valence-corrected chi connectivity index (χ2v) is 9.53. The van der Waals surface area contributed by atoms with Crippen LogP contribution in [-0.4, -0.2) is 55.8 Å². The predicted molar refractivity (Wildman–Crippen MR) is 119 cm³/mol. The first-order chi connectivity index (χ1) is 16.4. The summed E-state index contributed by atoms with van der Waals surface area (Å²) in [6.07, 6.45) is -2.01. The molecule has 0 aromatic carbocycles. The highest BCUT2D eigenvalue weighted by Crippen LogP contribution is 2.37. The largest absolute Gasteiger partial charge is 0.434 e. The maximum Gasteiger partial charge on any atom is 0.434 e. The third-order valence-electron chi connectivity index (χ3n) is 5.61. The SMILES string of the molecule is Cc1nc(C(=O)N2CC(F)(F)C[C@@H](C)[C@H]2CNc2cnc(C(F)(F)F)cn2)c(-c2ccccn2)s1. The van der Waals surface area contributed by atoms with Crippen molar-refractivity contribution in [1.29, 1.82) is 0 Å². The molecule has 1 aliphatic rings. The summed E-state index contributed by atoms with van der Waals surface area (Å²) < 4.78 is 67.3. The molecule has 0 aliphatic carbocycles. The Morgan fingerprint density at radius 2 is 2.00 bits per heavy atom. The van der Waals surface area contributed by atoms with Crippen molar-refractivity contribution in [2.75, 3.05) is 18.4 Å². The number of rotatable bonds is 5. The Hall–Kier alpha value is -3.22. The highest BCUT2D eigenvalue weighted by atomic mass is 32.1. The molecular formula is C22H21F5N6OS. The molecule has 0 spiro atoms. The zero-order valence-corrected chi connectivity index (χ0v) is 19.5. The Balaban J connectivity index is 1.60. The lowest BCUT2D eigenvalue weighted by Crippen LogP contribution is -2.57. The number of alkyl halides is 5. The molecule has 186 valence electrons. The molecule has 0 saturated carbocycles. The summed E-state index contributed by atoms with van der Waals surface area (Å²) in [5.74, 6) is -4.34. The molecule has 3 aromatic rings. The number of nitrogens with zero attached hydrogens (tertiary/aromatic N) is 5. The standard InChI is InChI=1S/C22H21F5N6OS/c1-12-7-21(23,24)11-33(15(12)8-30-17-10-29-16(9-31-17)22(25,26)27)20(34)18-19(35-13(2)32-18)14-5-3-4-6-28-14/h3-6,9-10,12,15H,7-8,11H2,1-2H3,(H,30,31)/t12-,15-/m1/s1. The zero-order valence-electron chi connectivity index (χ0n) is 18.7. The number of carbonyl (C=O) groups is 1. The van der Waals surface area contributed by atoms with E-state index in [1.165, 1.54) is 11.3 Å². The van der Waals surface area contributed by atoms with Crippen molar-refractivity contribution >= 4 is 23.1 Å². The van der Waals surface area contributed by atoms with Crippen molar-refractivity contribution in [3.63, 3.8) is 0 Å². The fraction of sp³-hybridized carbons (Fsp3) is 0.409. The number of aryl methyl sites for hydroxylation is 1. The van der Waals surface area contributed by atoms with Crippen molar-refractivity contribution in [3.8, 4) is 10.6 Å². The van der Waals surface area contributed by atoms with Gasteiger partial charge in [-0.2, -0.15) is 13.2 Å². The fourth-order valence-electron chi connectivity index (χ4n) is 4.03. The van der Waals surface area contributed by atoms with E-state index in [0.29, 0.717) is 21.8 Å². The van der Waals surface area contributed by atoms with E-state index in [-0.39, 0.29) is 18.1 Å². The summed E-state index contributed by atoms with van der Waals surface area (Å²) in [5, 5.41) is 3.41. The number of hydrogen-bond acceptors (Lipinski definition) is 7. The van der Waals surface area contributed by atoms with Gasteiger partial charge in [-0.25, -0.2) is 23.7 Å². The third-order valence-corrected chi connectivity index (χ3v) is 6.60. The number of amides is 1. The summed E-state index contributed by atoms with van der Waals surface area (Å²) in [6.45, 7) is 2.50. The lowest BCUT2D eigenvalue weighted by Gasteiger charge is -2.43. The lowest BCUT2D eigenvalue weighted by molar-refractivity contribution is -0.141. The van der Waals surface area contributed by atoms with Crippen molar-refractivity contribution in [2.45, 2.75) is 38.4 Å². The van der Waals surface area contributed by atoms with Crippen LogP contribution in [0.1, 0.15) is 34.5 Å². The first-order valence-corrected chi connectivity index (χ1v) is 11.5. The Bertz CT molecular complexity index is 1190. The van der Waals surface area contributed by atoms with E-state index in [1.54, 1.807) is 38.2 Å². The van der Waals surface area contributed by atoms with Gasteiger partial charge in [0.15, 0.2) is 5.69 Å². The molecule has 0 radical (unpaired) electrons. The molecule has 0 unspecified atom stereocenters. The first kappa shape index (κ1) is 24.9. The predicted octanol–water partition coefficient (Wildman–Crippen LogP) is 4.92. The van der Waals surface area contributed by atoms with Crippen LogP contribution in [0.3, 0.4) is 0 Å². The first-order valence-electron chi connectivity index (χ1n) is 10.7. The van der Waals surface area contributed by atoms with E-state index in [1.807, 2.05) is 0 Å². The summed E-state index contributed by atoms with van der Waals surface area (Å²) in [4.78, 5) is 30.7. The number of likely N-dealkylation sites (tertiary alicyclic amines) is 1. The summed E-state index contributed by atoms with van der Waals surface area (Å²) in [6, 6.07) is 4.49. The molecule has 4 rings (SSSR count). The molecule has 7 nitrogen and oxygen atoms in total. The fourth-order valence-corrected chi connectivity index (χ4v) is 4.92. The van der Waals surface area contributed by atoms with E-state index < -0.39 is 48.6 Å². The molecule has 1 fully saturated rings. The van der Waals surface area contributed by atoms with Gasteiger partial charge in [-0.3, -0.25) is 9.78 Å². The van der Waals surface area contributed by atoms with Gasteiger partial charge >= 0.3 is 6.18 Å². The molecule has 2 atom stereocenters. The van der Waals surface area contributed by atoms with Gasteiger partial charge in [-0.1, -0.05) is 13.0 Å². The molecular weight excluding hydrogens is 491 g/mol. The molecule has 4 heterocycles. The Labute approximate surface area is 201 Å². The van der Waals surface area contributed by atoms with Gasteiger partial charge in [0.2, 0.25) is 0 Å². The number of thiazole rings is 1. The van der Waals surface area contributed by atoms with E-state index in [0.717, 1.165) is 11.1 Å². The van der Waals surface area contributed by atoms with Crippen LogP contribution < -0.4 is 5.32 Å². The summed E-state index contributed by atoms with van der Waals surface area (Å²) in [7, 11) is 0. The normalized spacial score (nSPS) is 20.0. The second kappa shape index (κ2) is 9.44. The van der Waals surface area contributed by atoms with Crippen LogP contribution in [0.15, 0.2) is 36.8 Å². The maximum atomic E-state index is 14.5. The van der Waals surface area contributed by atoms with Gasteiger partial charge in [0, 0.05) is 19.2 Å². The quantitative estimate of drug-likeness (QED) is 0.489. The average molecular weight is 513 g/mol. The lowest BCUT2D eigenvalue weighted by atomic mass is 9.88. The van der Waals surface area contributed by atoms with Crippen molar-refractivity contribution in [1.82, 2.24) is 24.8 Å². The molecule has 1 saturated heterocycles. The van der Waals surface area contributed by atoms with Crippen LogP contribution in [-0.2, 0) is 6.18 Å². The number of carbonyl (C=O) groups excluding carboxylic acids is 1. The number of nitrogens with one attached hydrogen (secondary N) is 1. The van der Waals surface area contributed by atoms with Gasteiger partial charge in [0.05, 0.1) is 40.6 Å². The highest BCUT2D eigenvalue weighted by Gasteiger charge is 2.47. The van der Waals surface area contributed by atoms with Crippen LogP contribution in [0.25, 0.3) is 10.6 Å². The molecule has 3 aromatic heterocycles. The van der Waals surface area contributed by atoms with Crippen LogP contribution in [0.5, 0.6) is 0 Å². The van der Waals surface area contributed by atoms with E-state index in [4.69, 9.17) is 0 Å². The van der Waals surface area contributed by atoms with Crippen LogP contribution in [0.4, 0.5) is 27.8 Å². The minimum absolute atomic E-state index is 0.00886. The second-order valence-electron chi connectivity index (χ2n) is 8.33. The van der Waals surface area contributed by atoms with Crippen LogP contribution in [0.2, 0.25) is 0 Å². The molecule has 1 amide bonds. The number of anilines is 1. The monoisotopic (exact) mass is 512 g/mol. The molecule has 0 bridgehead atoms. The van der Waals surface area contributed by atoms with E-state index in [2.05, 4.69) is 25.3 Å².